The number of aliphatic hydroxyl groups is 2. The third-order valence-electron chi connectivity index (χ3n) is 4.20. The molecular weight excluding hydrogens is 416 g/mol. The molecule has 0 rings (SSSR count). The van der Waals surface area contributed by atoms with Crippen LogP contribution in [0.3, 0.4) is 0 Å². The minimum atomic E-state index is -1.67. The zero-order valence-corrected chi connectivity index (χ0v) is 17.2. The van der Waals surface area contributed by atoms with E-state index in [0.717, 1.165) is 0 Å². The predicted octanol–water partition coefficient (Wildman–Crippen LogP) is -4.77. The van der Waals surface area contributed by atoms with Crippen LogP contribution in [-0.2, 0) is 24.0 Å². The minimum Gasteiger partial charge on any atom is -0.480 e. The molecule has 0 aromatic carbocycles. The lowest BCUT2D eigenvalue weighted by Gasteiger charge is -2.25. The Morgan fingerprint density at radius 3 is 1.97 bits per heavy atom. The van der Waals surface area contributed by atoms with Gasteiger partial charge in [0.05, 0.1) is 25.2 Å². The van der Waals surface area contributed by atoms with Gasteiger partial charge in [-0.3, -0.25) is 19.2 Å². The molecule has 178 valence electrons. The Kier molecular flexibility index (Phi) is 12.9. The predicted molar refractivity (Wildman–Crippen MR) is 107 cm³/mol. The number of carbonyl (C=O) groups is 5. The first-order valence-electron chi connectivity index (χ1n) is 9.61. The first-order chi connectivity index (χ1) is 14.4. The number of nitrogens with one attached hydrogen (secondary N) is 3. The van der Waals surface area contributed by atoms with Crippen LogP contribution in [0.5, 0.6) is 0 Å². The van der Waals surface area contributed by atoms with Crippen molar-refractivity contribution in [3.05, 3.63) is 0 Å². The Labute approximate surface area is 178 Å². The molecule has 0 heterocycles. The fourth-order valence-corrected chi connectivity index (χ4v) is 2.43. The largest absolute Gasteiger partial charge is 0.480 e. The van der Waals surface area contributed by atoms with Crippen LogP contribution in [0.25, 0.3) is 0 Å². The van der Waals surface area contributed by atoms with Gasteiger partial charge in [0.1, 0.15) is 18.1 Å². The molecule has 0 aromatic rings. The Balaban J connectivity index is 5.09. The summed E-state index contributed by atoms with van der Waals surface area (Å²) in [7, 11) is 0. The second kappa shape index (κ2) is 14.2. The van der Waals surface area contributed by atoms with Crippen molar-refractivity contribution >= 4 is 29.6 Å². The highest BCUT2D eigenvalue weighted by Gasteiger charge is 2.32. The molecule has 0 radical (unpaired) electrons. The SMILES string of the molecule is CC(O)C(NC(=O)C(N)CCCCN)C(=O)NC(CO)C(=O)NC(CC(N)=O)C(=O)O. The molecule has 5 atom stereocenters. The summed E-state index contributed by atoms with van der Waals surface area (Å²) in [5, 5.41) is 34.6. The van der Waals surface area contributed by atoms with E-state index in [0.29, 0.717) is 25.8 Å². The van der Waals surface area contributed by atoms with E-state index in [2.05, 4.69) is 10.6 Å². The van der Waals surface area contributed by atoms with E-state index >= 15 is 0 Å². The molecular formula is C17H32N6O8. The van der Waals surface area contributed by atoms with Gasteiger partial charge in [-0.2, -0.15) is 0 Å². The van der Waals surface area contributed by atoms with Crippen molar-refractivity contribution in [3.63, 3.8) is 0 Å². The Morgan fingerprint density at radius 2 is 1.52 bits per heavy atom. The van der Waals surface area contributed by atoms with Gasteiger partial charge in [0, 0.05) is 0 Å². The average Bonchev–Trinajstić information content (AvgIpc) is 2.68. The van der Waals surface area contributed by atoms with E-state index in [-0.39, 0.29) is 0 Å². The van der Waals surface area contributed by atoms with Gasteiger partial charge in [0.25, 0.3) is 0 Å². The molecule has 0 aliphatic heterocycles. The molecule has 0 saturated heterocycles. The summed E-state index contributed by atoms with van der Waals surface area (Å²) >= 11 is 0. The summed E-state index contributed by atoms with van der Waals surface area (Å²) < 4.78 is 0. The lowest BCUT2D eigenvalue weighted by molar-refractivity contribution is -0.144. The van der Waals surface area contributed by atoms with Crippen molar-refractivity contribution < 1.29 is 39.3 Å². The molecule has 0 aliphatic rings. The number of rotatable bonds is 15. The second-order valence-electron chi connectivity index (χ2n) is 6.93. The molecule has 0 bridgehead atoms. The maximum absolute atomic E-state index is 12.4. The van der Waals surface area contributed by atoms with Crippen LogP contribution in [-0.4, -0.2) is 88.3 Å². The molecule has 14 nitrogen and oxygen atoms in total. The topological polar surface area (TPSA) is 260 Å². The second-order valence-corrected chi connectivity index (χ2v) is 6.93. The van der Waals surface area contributed by atoms with E-state index in [4.69, 9.17) is 22.3 Å². The van der Waals surface area contributed by atoms with Crippen LogP contribution in [0.4, 0.5) is 0 Å². The van der Waals surface area contributed by atoms with E-state index in [9.17, 15) is 34.2 Å². The number of hydrogen-bond donors (Lipinski definition) is 9. The van der Waals surface area contributed by atoms with Crippen LogP contribution in [0.1, 0.15) is 32.6 Å². The van der Waals surface area contributed by atoms with Gasteiger partial charge >= 0.3 is 5.97 Å². The third-order valence-corrected chi connectivity index (χ3v) is 4.20. The monoisotopic (exact) mass is 448 g/mol. The van der Waals surface area contributed by atoms with Gasteiger partial charge in [0.15, 0.2) is 0 Å². The van der Waals surface area contributed by atoms with E-state index in [1.165, 1.54) is 6.92 Å². The van der Waals surface area contributed by atoms with Gasteiger partial charge in [-0.25, -0.2) is 4.79 Å². The highest BCUT2D eigenvalue weighted by atomic mass is 16.4. The summed E-state index contributed by atoms with van der Waals surface area (Å²) in [6, 6.07) is -5.76. The normalized spacial score (nSPS) is 15.6. The first-order valence-corrected chi connectivity index (χ1v) is 9.61. The molecule has 0 aromatic heterocycles. The van der Waals surface area contributed by atoms with Gasteiger partial charge in [0.2, 0.25) is 23.6 Å². The number of carboxylic acids is 1. The van der Waals surface area contributed by atoms with Crippen molar-refractivity contribution in [2.45, 2.75) is 62.9 Å². The molecule has 0 aliphatic carbocycles. The van der Waals surface area contributed by atoms with Crippen molar-refractivity contribution in [2.75, 3.05) is 13.2 Å². The van der Waals surface area contributed by atoms with Crippen molar-refractivity contribution in [1.82, 2.24) is 16.0 Å². The van der Waals surface area contributed by atoms with Gasteiger partial charge in [-0.15, -0.1) is 0 Å². The van der Waals surface area contributed by atoms with Gasteiger partial charge < -0.3 is 48.5 Å². The van der Waals surface area contributed by atoms with Crippen molar-refractivity contribution in [2.24, 2.45) is 17.2 Å². The van der Waals surface area contributed by atoms with Crippen LogP contribution in [0.15, 0.2) is 0 Å². The lowest BCUT2D eigenvalue weighted by Crippen LogP contribution is -2.60. The molecule has 12 N–H and O–H groups in total. The summed E-state index contributed by atoms with van der Waals surface area (Å²) in [5.41, 5.74) is 16.0. The maximum Gasteiger partial charge on any atom is 0.326 e. The molecule has 4 amide bonds. The average molecular weight is 448 g/mol. The number of nitrogens with two attached hydrogens (primary N) is 3. The molecule has 0 spiro atoms. The summed E-state index contributed by atoms with van der Waals surface area (Å²) in [6.45, 7) is 0.714. The molecule has 5 unspecified atom stereocenters. The van der Waals surface area contributed by atoms with E-state index in [1.54, 1.807) is 0 Å². The summed E-state index contributed by atoms with van der Waals surface area (Å²) in [6.07, 6.45) is -0.554. The van der Waals surface area contributed by atoms with Crippen LogP contribution in [0, 0.1) is 0 Å². The van der Waals surface area contributed by atoms with Gasteiger partial charge in [-0.05, 0) is 26.3 Å². The van der Waals surface area contributed by atoms with Gasteiger partial charge in [-0.1, -0.05) is 6.42 Å². The smallest absolute Gasteiger partial charge is 0.326 e. The summed E-state index contributed by atoms with van der Waals surface area (Å²) in [5.74, 6) is -5.38. The van der Waals surface area contributed by atoms with E-state index in [1.807, 2.05) is 5.32 Å². The quantitative estimate of drug-likeness (QED) is 0.108. The molecule has 0 fully saturated rings. The number of primary amides is 1. The lowest BCUT2D eigenvalue weighted by atomic mass is 10.1. The fraction of sp³-hybridized carbons (Fsp3) is 0.706. The third kappa shape index (κ3) is 10.7. The fourth-order valence-electron chi connectivity index (χ4n) is 2.43. The Bertz CT molecular complexity index is 644. The number of aliphatic carboxylic acids is 1. The number of carbonyl (C=O) groups excluding carboxylic acids is 4. The number of hydrogen-bond acceptors (Lipinski definition) is 9. The standard InChI is InChI=1S/C17H32N6O8/c1-8(25)13(23-14(27)9(19)4-2-3-5-18)16(29)22-11(7-24)15(28)21-10(17(30)31)6-12(20)26/h8-11,13,24-25H,2-7,18-19H2,1H3,(H2,20,26)(H,21,28)(H,22,29)(H,23,27)(H,30,31). The van der Waals surface area contributed by atoms with Crippen LogP contribution < -0.4 is 33.2 Å². The minimum absolute atomic E-state index is 0.301. The van der Waals surface area contributed by atoms with Crippen molar-refractivity contribution in [1.29, 1.82) is 0 Å². The zero-order chi connectivity index (χ0) is 24.1. The summed E-state index contributed by atoms with van der Waals surface area (Å²) in [4.78, 5) is 58.8. The number of amides is 4. The highest BCUT2D eigenvalue weighted by molar-refractivity contribution is 5.95. The number of aliphatic hydroxyl groups excluding tert-OH is 2. The first kappa shape index (κ1) is 28.2. The Hall–Kier alpha value is -2.81. The van der Waals surface area contributed by atoms with Crippen molar-refractivity contribution in [3.8, 4) is 0 Å². The maximum atomic E-state index is 12.4. The van der Waals surface area contributed by atoms with Crippen LogP contribution >= 0.6 is 0 Å². The Morgan fingerprint density at radius 1 is 0.935 bits per heavy atom. The zero-order valence-electron chi connectivity index (χ0n) is 17.2. The molecule has 0 saturated carbocycles. The number of unbranched alkanes of at least 4 members (excludes halogenated alkanes) is 1. The molecule has 14 heteroatoms. The highest BCUT2D eigenvalue weighted by Crippen LogP contribution is 2.02. The number of carboxylic acid groups (broad SMARTS) is 1. The molecule has 31 heavy (non-hydrogen) atoms. The van der Waals surface area contributed by atoms with E-state index < -0.39 is 72.9 Å². The van der Waals surface area contributed by atoms with Crippen LogP contribution in [0.2, 0.25) is 0 Å².